The minimum absolute atomic E-state index is 0.0913. The van der Waals surface area contributed by atoms with Crippen molar-refractivity contribution in [1.82, 2.24) is 19.7 Å². The normalized spacial score (nSPS) is 15.8. The number of hydrogen-bond donors (Lipinski definition) is 1. The summed E-state index contributed by atoms with van der Waals surface area (Å²) in [4.78, 5) is 15.5. The van der Waals surface area contributed by atoms with Crippen LogP contribution in [-0.4, -0.2) is 38.2 Å². The van der Waals surface area contributed by atoms with Crippen LogP contribution in [0.2, 0.25) is 0 Å². The summed E-state index contributed by atoms with van der Waals surface area (Å²) in [6.07, 6.45) is 15.5. The smallest absolute Gasteiger partial charge is 0.256 e. The zero-order valence-electron chi connectivity index (χ0n) is 20.9. The average molecular weight is 447 g/mol. The summed E-state index contributed by atoms with van der Waals surface area (Å²) in [5.41, 5.74) is 5.04. The number of allylic oxidation sites excluding steroid dienone is 3. The molecule has 3 heterocycles. The van der Waals surface area contributed by atoms with Crippen LogP contribution in [0, 0.1) is 0 Å². The van der Waals surface area contributed by atoms with Gasteiger partial charge in [-0.15, -0.1) is 0 Å². The Bertz CT molecular complexity index is 1100. The highest BCUT2D eigenvalue weighted by Gasteiger charge is 2.32. The summed E-state index contributed by atoms with van der Waals surface area (Å²) in [7, 11) is 1.99. The Morgan fingerprint density at radius 2 is 1.97 bits per heavy atom. The molecule has 4 rings (SSSR count). The van der Waals surface area contributed by atoms with Crippen molar-refractivity contribution in [3.63, 3.8) is 0 Å². The second kappa shape index (κ2) is 12.6. The van der Waals surface area contributed by atoms with Crippen molar-refractivity contribution in [3.8, 4) is 11.1 Å². The van der Waals surface area contributed by atoms with Gasteiger partial charge in [-0.2, -0.15) is 5.10 Å². The van der Waals surface area contributed by atoms with Gasteiger partial charge in [-0.25, -0.2) is 0 Å². The van der Waals surface area contributed by atoms with E-state index in [0.29, 0.717) is 0 Å². The molecule has 33 heavy (non-hydrogen) atoms. The molecule has 0 bridgehead atoms. The largest absolute Gasteiger partial charge is 0.350 e. The lowest BCUT2D eigenvalue weighted by Gasteiger charge is -2.25. The van der Waals surface area contributed by atoms with Crippen LogP contribution >= 0.6 is 0 Å². The highest BCUT2D eigenvalue weighted by atomic mass is 16.2. The Balaban J connectivity index is 0.000000914. The summed E-state index contributed by atoms with van der Waals surface area (Å²) in [5, 5.41) is 7.87. The molecule has 176 valence electrons. The number of hydrogen-bond acceptors (Lipinski definition) is 2. The Kier molecular flexibility index (Phi) is 9.92. The van der Waals surface area contributed by atoms with E-state index in [0.717, 1.165) is 52.6 Å². The molecule has 1 amide bonds. The molecule has 0 spiro atoms. The van der Waals surface area contributed by atoms with Gasteiger partial charge in [0.2, 0.25) is 0 Å². The third-order valence-corrected chi connectivity index (χ3v) is 5.62. The molecular formula is C28H38N4O. The molecule has 5 nitrogen and oxygen atoms in total. The third kappa shape index (κ3) is 5.54. The number of aromatic amines is 1. The summed E-state index contributed by atoms with van der Waals surface area (Å²) in [6, 6.07) is 6.30. The number of aryl methyl sites for hydroxylation is 1. The van der Waals surface area contributed by atoms with E-state index < -0.39 is 0 Å². The molecule has 1 atom stereocenters. The van der Waals surface area contributed by atoms with Gasteiger partial charge < -0.3 is 9.47 Å². The fourth-order valence-corrected chi connectivity index (χ4v) is 4.26. The Hall–Kier alpha value is -3.34. The maximum Gasteiger partial charge on any atom is 0.256 e. The minimum atomic E-state index is 0.0913. The highest BCUT2D eigenvalue weighted by molar-refractivity contribution is 6.08. The van der Waals surface area contributed by atoms with Crippen molar-refractivity contribution in [2.75, 3.05) is 6.54 Å². The molecule has 0 radical (unpaired) electrons. The van der Waals surface area contributed by atoms with Crippen molar-refractivity contribution >= 4 is 16.8 Å². The molecule has 1 aromatic carbocycles. The quantitative estimate of drug-likeness (QED) is 0.433. The Morgan fingerprint density at radius 1 is 1.21 bits per heavy atom. The van der Waals surface area contributed by atoms with E-state index >= 15 is 0 Å². The van der Waals surface area contributed by atoms with Gasteiger partial charge in [-0.1, -0.05) is 70.7 Å². The monoisotopic (exact) mass is 446 g/mol. The molecule has 1 unspecified atom stereocenters. The van der Waals surface area contributed by atoms with Crippen molar-refractivity contribution in [2.24, 2.45) is 7.05 Å². The third-order valence-electron chi connectivity index (χ3n) is 5.62. The fraction of sp³-hybridized carbons (Fsp3) is 0.357. The zero-order valence-corrected chi connectivity index (χ0v) is 20.9. The van der Waals surface area contributed by atoms with Gasteiger partial charge in [0.05, 0.1) is 17.8 Å². The maximum absolute atomic E-state index is 13.5. The molecule has 3 aromatic rings. The number of H-pyrrole nitrogens is 1. The van der Waals surface area contributed by atoms with Gasteiger partial charge in [-0.05, 0) is 37.0 Å². The first-order valence-corrected chi connectivity index (χ1v) is 12.0. The Labute approximate surface area is 198 Å². The van der Waals surface area contributed by atoms with E-state index in [1.807, 2.05) is 87.8 Å². The summed E-state index contributed by atoms with van der Waals surface area (Å²) >= 11 is 0. The van der Waals surface area contributed by atoms with E-state index in [-0.39, 0.29) is 11.9 Å². The van der Waals surface area contributed by atoms with E-state index in [2.05, 4.69) is 28.9 Å². The number of rotatable bonds is 5. The first-order valence-electron chi connectivity index (χ1n) is 12.0. The molecule has 1 aliphatic heterocycles. The molecule has 1 N–H and O–H groups in total. The standard InChI is InChI=1S/C24H26N4O.2C2H6/c1-4-7-17(8-5-2)22-9-6-12-28(22)24(29)21-16-27(3)23-13-18(10-11-20(21)23)19-14-25-26-15-19;2*1-2/h4-5,7-8,10-11,13-16,22H,1,6,9,12H2,2-3H3,(H,25,26);2*1-2H3/b8-5-,17-7+;;. The van der Waals surface area contributed by atoms with E-state index in [1.165, 1.54) is 0 Å². The van der Waals surface area contributed by atoms with Gasteiger partial charge in [0.1, 0.15) is 0 Å². The van der Waals surface area contributed by atoms with Crippen LogP contribution in [0.1, 0.15) is 57.8 Å². The van der Waals surface area contributed by atoms with Crippen LogP contribution in [0.3, 0.4) is 0 Å². The minimum Gasteiger partial charge on any atom is -0.350 e. The molecule has 1 aliphatic rings. The number of aromatic nitrogens is 3. The molecule has 1 fully saturated rings. The highest BCUT2D eigenvalue weighted by Crippen LogP contribution is 2.31. The molecule has 0 saturated carbocycles. The molecule has 2 aromatic heterocycles. The maximum atomic E-state index is 13.5. The number of amides is 1. The van der Waals surface area contributed by atoms with Gasteiger partial charge in [0.25, 0.3) is 5.91 Å². The first-order chi connectivity index (χ1) is 16.1. The lowest BCUT2D eigenvalue weighted by atomic mass is 10.0. The van der Waals surface area contributed by atoms with Crippen LogP contribution < -0.4 is 0 Å². The summed E-state index contributed by atoms with van der Waals surface area (Å²) < 4.78 is 2.03. The summed E-state index contributed by atoms with van der Waals surface area (Å²) in [5.74, 6) is 0.0913. The van der Waals surface area contributed by atoms with Crippen molar-refractivity contribution in [3.05, 3.63) is 78.8 Å². The topological polar surface area (TPSA) is 53.9 Å². The van der Waals surface area contributed by atoms with Crippen LogP contribution in [0.4, 0.5) is 0 Å². The molecular weight excluding hydrogens is 408 g/mol. The predicted molar refractivity (Wildman–Crippen MR) is 140 cm³/mol. The van der Waals surface area contributed by atoms with Crippen LogP contribution in [-0.2, 0) is 7.05 Å². The fourth-order valence-electron chi connectivity index (χ4n) is 4.26. The Morgan fingerprint density at radius 3 is 2.61 bits per heavy atom. The van der Waals surface area contributed by atoms with E-state index in [1.54, 1.807) is 12.3 Å². The lowest BCUT2D eigenvalue weighted by Crippen LogP contribution is -2.36. The van der Waals surface area contributed by atoms with Gasteiger partial charge >= 0.3 is 0 Å². The zero-order chi connectivity index (χ0) is 24.4. The number of nitrogens with zero attached hydrogens (tertiary/aromatic N) is 3. The number of fused-ring (bicyclic) bond motifs is 1. The second-order valence-electron chi connectivity index (χ2n) is 7.43. The van der Waals surface area contributed by atoms with E-state index in [9.17, 15) is 4.79 Å². The van der Waals surface area contributed by atoms with E-state index in [4.69, 9.17) is 0 Å². The second-order valence-corrected chi connectivity index (χ2v) is 7.43. The van der Waals surface area contributed by atoms with Gasteiger partial charge in [0.15, 0.2) is 0 Å². The lowest BCUT2D eigenvalue weighted by molar-refractivity contribution is 0.0759. The van der Waals surface area contributed by atoms with Crippen LogP contribution in [0.5, 0.6) is 0 Å². The number of carbonyl (C=O) groups is 1. The van der Waals surface area contributed by atoms with Crippen LogP contribution in [0.25, 0.3) is 22.0 Å². The molecule has 5 heteroatoms. The summed E-state index contributed by atoms with van der Waals surface area (Å²) in [6.45, 7) is 14.6. The average Bonchev–Trinajstić information content (AvgIpc) is 3.62. The molecule has 0 aliphatic carbocycles. The number of benzene rings is 1. The van der Waals surface area contributed by atoms with Crippen LogP contribution in [0.15, 0.2) is 73.2 Å². The predicted octanol–water partition coefficient (Wildman–Crippen LogP) is 6.91. The number of carbonyl (C=O) groups excluding carboxylic acids is 1. The number of likely N-dealkylation sites (tertiary alicyclic amines) is 1. The van der Waals surface area contributed by atoms with Crippen molar-refractivity contribution in [2.45, 2.75) is 53.5 Å². The molecule has 1 saturated heterocycles. The van der Waals surface area contributed by atoms with Gasteiger partial charge in [0, 0.05) is 42.5 Å². The number of nitrogens with one attached hydrogen (secondary N) is 1. The van der Waals surface area contributed by atoms with Crippen molar-refractivity contribution in [1.29, 1.82) is 0 Å². The van der Waals surface area contributed by atoms with Gasteiger partial charge in [-0.3, -0.25) is 9.89 Å². The SMILES string of the molecule is C=C/C=C(\C=C/C)C1CCCN1C(=O)c1cn(C)c2cc(-c3cn[nH]c3)ccc12.CC.CC. The van der Waals surface area contributed by atoms with Crippen molar-refractivity contribution < 1.29 is 4.79 Å². The first kappa shape index (κ1) is 25.9.